The molecule has 0 aliphatic carbocycles. The molecule has 1 aliphatic heterocycles. The first-order chi connectivity index (χ1) is 12.2. The van der Waals surface area contributed by atoms with E-state index in [9.17, 15) is 9.59 Å². The van der Waals surface area contributed by atoms with Gasteiger partial charge in [-0.25, -0.2) is 4.98 Å². The lowest BCUT2D eigenvalue weighted by atomic mass is 10.1. The average Bonchev–Trinajstić information content (AvgIpc) is 3.03. The van der Waals surface area contributed by atoms with Crippen molar-refractivity contribution < 1.29 is 14.3 Å². The summed E-state index contributed by atoms with van der Waals surface area (Å²) >= 11 is 0. The zero-order valence-electron chi connectivity index (χ0n) is 13.3. The molecule has 7 heteroatoms. The molecule has 0 saturated heterocycles. The molecule has 0 bridgehead atoms. The number of imidazole rings is 1. The number of ether oxygens (including phenoxy) is 1. The van der Waals surface area contributed by atoms with Gasteiger partial charge in [0.2, 0.25) is 0 Å². The molecule has 0 saturated carbocycles. The van der Waals surface area contributed by atoms with Crippen molar-refractivity contribution in [2.45, 2.75) is 6.42 Å². The summed E-state index contributed by atoms with van der Waals surface area (Å²) in [6, 6.07) is 12.8. The third kappa shape index (κ3) is 3.16. The molecule has 0 atom stereocenters. The minimum atomic E-state index is -0.227. The topological polar surface area (TPSA) is 96.1 Å². The minimum absolute atomic E-state index is 0.00392. The Bertz CT molecular complexity index is 931. The molecule has 7 nitrogen and oxygen atoms in total. The molecule has 1 aromatic heterocycles. The number of aromatic amines is 1. The molecule has 3 aromatic rings. The molecule has 3 N–H and O–H groups in total. The van der Waals surface area contributed by atoms with Crippen LogP contribution in [0.5, 0.6) is 5.75 Å². The molecule has 4 rings (SSSR count). The van der Waals surface area contributed by atoms with Gasteiger partial charge in [0.05, 0.1) is 16.7 Å². The summed E-state index contributed by atoms with van der Waals surface area (Å²) in [5, 5.41) is 5.55. The van der Waals surface area contributed by atoms with Crippen LogP contribution in [0.1, 0.15) is 16.2 Å². The zero-order chi connectivity index (χ0) is 17.2. The fraction of sp³-hybridized carbons (Fsp3) is 0.167. The van der Waals surface area contributed by atoms with Gasteiger partial charge in [-0.05, 0) is 30.3 Å². The highest BCUT2D eigenvalue weighted by Crippen LogP contribution is 2.28. The Kier molecular flexibility index (Phi) is 3.81. The van der Waals surface area contributed by atoms with Crippen molar-refractivity contribution in [1.29, 1.82) is 0 Å². The summed E-state index contributed by atoms with van der Waals surface area (Å²) < 4.78 is 5.28. The Morgan fingerprint density at radius 1 is 1.24 bits per heavy atom. The number of rotatable bonds is 4. The molecule has 2 amide bonds. The number of hydrogen-bond acceptors (Lipinski definition) is 4. The lowest BCUT2D eigenvalue weighted by Crippen LogP contribution is -2.28. The van der Waals surface area contributed by atoms with Gasteiger partial charge in [-0.15, -0.1) is 0 Å². The van der Waals surface area contributed by atoms with Crippen LogP contribution >= 0.6 is 0 Å². The Morgan fingerprint density at radius 2 is 2.12 bits per heavy atom. The quantitative estimate of drug-likeness (QED) is 0.678. The van der Waals surface area contributed by atoms with Crippen LogP contribution in [0.2, 0.25) is 0 Å². The molecule has 0 unspecified atom stereocenters. The molecule has 126 valence electrons. The van der Waals surface area contributed by atoms with E-state index in [1.165, 1.54) is 0 Å². The predicted molar refractivity (Wildman–Crippen MR) is 92.7 cm³/mol. The van der Waals surface area contributed by atoms with Crippen molar-refractivity contribution in [1.82, 2.24) is 15.3 Å². The van der Waals surface area contributed by atoms with E-state index in [2.05, 4.69) is 20.6 Å². The molecule has 0 fully saturated rings. The van der Waals surface area contributed by atoms with Crippen LogP contribution in [0.3, 0.4) is 0 Å². The van der Waals surface area contributed by atoms with Gasteiger partial charge < -0.3 is 20.4 Å². The van der Waals surface area contributed by atoms with Gasteiger partial charge in [0.1, 0.15) is 11.6 Å². The van der Waals surface area contributed by atoms with Crippen LogP contribution < -0.4 is 15.4 Å². The van der Waals surface area contributed by atoms with Gasteiger partial charge in [-0.2, -0.15) is 0 Å². The van der Waals surface area contributed by atoms with E-state index >= 15 is 0 Å². The second-order valence-corrected chi connectivity index (χ2v) is 5.75. The van der Waals surface area contributed by atoms with Gasteiger partial charge in [0.15, 0.2) is 6.61 Å². The number of nitrogens with zero attached hydrogens (tertiary/aromatic N) is 1. The third-order valence-corrected chi connectivity index (χ3v) is 3.96. The first-order valence-corrected chi connectivity index (χ1v) is 7.97. The van der Waals surface area contributed by atoms with Crippen LogP contribution in [-0.2, 0) is 11.2 Å². The number of para-hydroxylation sites is 2. The van der Waals surface area contributed by atoms with E-state index in [0.29, 0.717) is 30.0 Å². The fourth-order valence-corrected chi connectivity index (χ4v) is 2.74. The maximum atomic E-state index is 12.3. The Labute approximate surface area is 143 Å². The second-order valence-electron chi connectivity index (χ2n) is 5.75. The Hall–Kier alpha value is -3.35. The van der Waals surface area contributed by atoms with Gasteiger partial charge >= 0.3 is 0 Å². The van der Waals surface area contributed by atoms with Crippen molar-refractivity contribution in [3.63, 3.8) is 0 Å². The Balaban J connectivity index is 1.39. The number of H-pyrrole nitrogens is 1. The van der Waals surface area contributed by atoms with Crippen molar-refractivity contribution >= 4 is 28.5 Å². The van der Waals surface area contributed by atoms with Crippen molar-refractivity contribution in [3.05, 3.63) is 53.9 Å². The molecular formula is C18H16N4O3. The number of carbonyl (C=O) groups is 2. The first-order valence-electron chi connectivity index (χ1n) is 7.97. The monoisotopic (exact) mass is 336 g/mol. The highest BCUT2D eigenvalue weighted by molar-refractivity contribution is 5.99. The van der Waals surface area contributed by atoms with Gasteiger partial charge in [0.25, 0.3) is 11.8 Å². The van der Waals surface area contributed by atoms with E-state index < -0.39 is 0 Å². The molecule has 2 heterocycles. The molecule has 0 spiro atoms. The number of nitrogens with one attached hydrogen (secondary N) is 3. The maximum Gasteiger partial charge on any atom is 0.262 e. The number of amides is 2. The number of hydrogen-bond donors (Lipinski definition) is 3. The molecule has 2 aromatic carbocycles. The summed E-state index contributed by atoms with van der Waals surface area (Å²) in [5.74, 6) is 0.958. The summed E-state index contributed by atoms with van der Waals surface area (Å²) in [7, 11) is 0. The van der Waals surface area contributed by atoms with Crippen LogP contribution in [0.25, 0.3) is 11.0 Å². The van der Waals surface area contributed by atoms with Crippen molar-refractivity contribution in [2.75, 3.05) is 18.5 Å². The number of aromatic nitrogens is 2. The van der Waals surface area contributed by atoms with Gasteiger partial charge in [-0.3, -0.25) is 9.59 Å². The fourth-order valence-electron chi connectivity index (χ4n) is 2.74. The second kappa shape index (κ2) is 6.27. The highest BCUT2D eigenvalue weighted by Gasteiger charge is 2.17. The smallest absolute Gasteiger partial charge is 0.262 e. The normalized spacial score (nSPS) is 13.0. The molecule has 0 radical (unpaired) electrons. The number of carbonyl (C=O) groups excluding carboxylic acids is 2. The van der Waals surface area contributed by atoms with Crippen LogP contribution in [0, 0.1) is 0 Å². The van der Waals surface area contributed by atoms with E-state index in [1.54, 1.807) is 18.2 Å². The number of anilines is 1. The van der Waals surface area contributed by atoms with Crippen LogP contribution in [0.15, 0.2) is 42.5 Å². The summed E-state index contributed by atoms with van der Waals surface area (Å²) in [4.78, 5) is 31.3. The predicted octanol–water partition coefficient (Wildman–Crippen LogP) is 1.87. The van der Waals surface area contributed by atoms with Gasteiger partial charge in [0, 0.05) is 18.5 Å². The van der Waals surface area contributed by atoms with E-state index in [-0.39, 0.29) is 18.4 Å². The number of fused-ring (bicyclic) bond motifs is 2. The average molecular weight is 336 g/mol. The highest BCUT2D eigenvalue weighted by atomic mass is 16.5. The van der Waals surface area contributed by atoms with E-state index in [0.717, 1.165) is 16.9 Å². The molecule has 1 aliphatic rings. The van der Waals surface area contributed by atoms with Crippen molar-refractivity contribution in [2.24, 2.45) is 0 Å². The van der Waals surface area contributed by atoms with Crippen LogP contribution in [0.4, 0.5) is 5.69 Å². The standard InChI is InChI=1S/C18H16N4O3/c23-17-10-25-15-6-5-11(9-14(15)22-17)18(24)19-8-7-16-20-12-3-1-2-4-13(12)21-16/h1-6,9H,7-8,10H2,(H,19,24)(H,20,21)(H,22,23). The van der Waals surface area contributed by atoms with Crippen LogP contribution in [-0.4, -0.2) is 34.9 Å². The summed E-state index contributed by atoms with van der Waals surface area (Å²) in [6.45, 7) is 0.453. The number of benzene rings is 2. The zero-order valence-corrected chi connectivity index (χ0v) is 13.3. The van der Waals surface area contributed by atoms with E-state index in [1.807, 2.05) is 24.3 Å². The minimum Gasteiger partial charge on any atom is -0.482 e. The first kappa shape index (κ1) is 15.2. The van der Waals surface area contributed by atoms with Crippen molar-refractivity contribution in [3.8, 4) is 5.75 Å². The largest absolute Gasteiger partial charge is 0.482 e. The third-order valence-electron chi connectivity index (χ3n) is 3.96. The molecule has 25 heavy (non-hydrogen) atoms. The van der Waals surface area contributed by atoms with E-state index in [4.69, 9.17) is 4.74 Å². The summed E-state index contributed by atoms with van der Waals surface area (Å²) in [5.41, 5.74) is 2.87. The van der Waals surface area contributed by atoms with Gasteiger partial charge in [-0.1, -0.05) is 12.1 Å². The SMILES string of the molecule is O=C1COc2ccc(C(=O)NCCc3nc4ccccc4[nH]3)cc2N1. The Morgan fingerprint density at radius 3 is 3.00 bits per heavy atom. The summed E-state index contributed by atoms with van der Waals surface area (Å²) in [6.07, 6.45) is 0.602. The lowest BCUT2D eigenvalue weighted by molar-refractivity contribution is -0.118. The maximum absolute atomic E-state index is 12.3. The lowest BCUT2D eigenvalue weighted by Gasteiger charge is -2.18. The molecular weight excluding hydrogens is 320 g/mol.